The van der Waals surface area contributed by atoms with Gasteiger partial charge in [0.15, 0.2) is 5.76 Å². The van der Waals surface area contributed by atoms with Crippen LogP contribution in [0, 0.1) is 0 Å². The van der Waals surface area contributed by atoms with Crippen molar-refractivity contribution in [3.8, 4) is 0 Å². The molecule has 0 bridgehead atoms. The lowest BCUT2D eigenvalue weighted by Gasteiger charge is -2.07. The first kappa shape index (κ1) is 15.3. The predicted octanol–water partition coefficient (Wildman–Crippen LogP) is 2.98. The quantitative estimate of drug-likeness (QED) is 0.469. The van der Waals surface area contributed by atoms with Crippen LogP contribution in [0.2, 0.25) is 0 Å². The summed E-state index contributed by atoms with van der Waals surface area (Å²) in [6.45, 7) is 5.14. The standard InChI is InChI=1S/C14H22N2O3/c1-3-5-6-7-10-15-14(18-4-2)16-13(17)12-9-8-11-19-12/h8-9,11H,3-7,10H2,1-2H3,(H,15,16,17). The van der Waals surface area contributed by atoms with Gasteiger partial charge in [-0.3, -0.25) is 10.1 Å². The molecule has 1 aromatic heterocycles. The van der Waals surface area contributed by atoms with Crippen LogP contribution in [0.4, 0.5) is 0 Å². The van der Waals surface area contributed by atoms with Gasteiger partial charge in [-0.2, -0.15) is 0 Å². The van der Waals surface area contributed by atoms with Crippen molar-refractivity contribution >= 4 is 11.9 Å². The van der Waals surface area contributed by atoms with Crippen LogP contribution in [-0.4, -0.2) is 25.1 Å². The van der Waals surface area contributed by atoms with Gasteiger partial charge in [0.1, 0.15) is 0 Å². The van der Waals surface area contributed by atoms with Crippen molar-refractivity contribution in [2.45, 2.75) is 39.5 Å². The van der Waals surface area contributed by atoms with Gasteiger partial charge in [0.25, 0.3) is 11.9 Å². The van der Waals surface area contributed by atoms with Gasteiger partial charge in [0, 0.05) is 6.54 Å². The van der Waals surface area contributed by atoms with E-state index in [2.05, 4.69) is 17.2 Å². The van der Waals surface area contributed by atoms with Crippen LogP contribution >= 0.6 is 0 Å². The number of nitrogens with zero attached hydrogens (tertiary/aromatic N) is 1. The lowest BCUT2D eigenvalue weighted by molar-refractivity contribution is 0.0939. The number of nitrogens with one attached hydrogen (secondary N) is 1. The van der Waals surface area contributed by atoms with E-state index in [0.29, 0.717) is 13.2 Å². The molecule has 1 aromatic rings. The monoisotopic (exact) mass is 266 g/mol. The molecule has 0 saturated heterocycles. The number of carbonyl (C=O) groups excluding carboxylic acids is 1. The molecule has 0 spiro atoms. The molecule has 0 saturated carbocycles. The Bertz CT molecular complexity index is 385. The Morgan fingerprint density at radius 2 is 2.21 bits per heavy atom. The number of ether oxygens (including phenoxy) is 1. The fourth-order valence-corrected chi connectivity index (χ4v) is 1.54. The average Bonchev–Trinajstić information content (AvgIpc) is 2.92. The average molecular weight is 266 g/mol. The summed E-state index contributed by atoms with van der Waals surface area (Å²) >= 11 is 0. The summed E-state index contributed by atoms with van der Waals surface area (Å²) < 4.78 is 10.3. The minimum Gasteiger partial charge on any atom is -0.465 e. The summed E-state index contributed by atoms with van der Waals surface area (Å²) in [7, 11) is 0. The summed E-state index contributed by atoms with van der Waals surface area (Å²) in [6, 6.07) is 3.53. The Morgan fingerprint density at radius 3 is 2.84 bits per heavy atom. The molecule has 5 nitrogen and oxygen atoms in total. The molecule has 5 heteroatoms. The highest BCUT2D eigenvalue weighted by atomic mass is 16.5. The van der Waals surface area contributed by atoms with Gasteiger partial charge in [-0.25, -0.2) is 4.99 Å². The van der Waals surface area contributed by atoms with Crippen LogP contribution in [0.1, 0.15) is 50.1 Å². The Morgan fingerprint density at radius 1 is 1.37 bits per heavy atom. The van der Waals surface area contributed by atoms with Gasteiger partial charge in [0.05, 0.1) is 12.9 Å². The summed E-state index contributed by atoms with van der Waals surface area (Å²) in [6.07, 6.45) is 6.00. The van der Waals surface area contributed by atoms with E-state index in [-0.39, 0.29) is 17.7 Å². The largest absolute Gasteiger partial charge is 0.465 e. The predicted molar refractivity (Wildman–Crippen MR) is 74.2 cm³/mol. The Hall–Kier alpha value is -1.78. The van der Waals surface area contributed by atoms with Crippen molar-refractivity contribution in [2.24, 2.45) is 4.99 Å². The smallest absolute Gasteiger partial charge is 0.294 e. The Balaban J connectivity index is 2.43. The molecule has 19 heavy (non-hydrogen) atoms. The minimum atomic E-state index is -0.342. The molecule has 1 amide bonds. The molecule has 0 radical (unpaired) electrons. The molecule has 1 rings (SSSR count). The second-order valence-electron chi connectivity index (χ2n) is 4.11. The molecular weight excluding hydrogens is 244 g/mol. The van der Waals surface area contributed by atoms with Gasteiger partial charge in [-0.1, -0.05) is 26.2 Å². The lowest BCUT2D eigenvalue weighted by Crippen LogP contribution is -2.32. The molecule has 1 heterocycles. The van der Waals surface area contributed by atoms with Gasteiger partial charge in [-0.15, -0.1) is 0 Å². The van der Waals surface area contributed by atoms with Crippen LogP contribution in [0.3, 0.4) is 0 Å². The van der Waals surface area contributed by atoms with Gasteiger partial charge < -0.3 is 9.15 Å². The van der Waals surface area contributed by atoms with Crippen molar-refractivity contribution < 1.29 is 13.9 Å². The number of hydrogen-bond donors (Lipinski definition) is 1. The fourth-order valence-electron chi connectivity index (χ4n) is 1.54. The van der Waals surface area contributed by atoms with Crippen molar-refractivity contribution in [2.75, 3.05) is 13.2 Å². The van der Waals surface area contributed by atoms with Crippen LogP contribution in [0.15, 0.2) is 27.8 Å². The molecular formula is C14H22N2O3. The summed E-state index contributed by atoms with van der Waals surface area (Å²) in [4.78, 5) is 16.0. The van der Waals surface area contributed by atoms with E-state index >= 15 is 0 Å². The third kappa shape index (κ3) is 6.08. The van der Waals surface area contributed by atoms with E-state index in [1.807, 2.05) is 6.92 Å². The number of aliphatic imine (C=N–C) groups is 1. The van der Waals surface area contributed by atoms with Crippen LogP contribution < -0.4 is 5.32 Å². The zero-order valence-electron chi connectivity index (χ0n) is 11.6. The van der Waals surface area contributed by atoms with E-state index in [0.717, 1.165) is 12.8 Å². The zero-order chi connectivity index (χ0) is 13.9. The first-order valence-corrected chi connectivity index (χ1v) is 6.80. The van der Waals surface area contributed by atoms with Crippen LogP contribution in [0.25, 0.3) is 0 Å². The molecule has 106 valence electrons. The van der Waals surface area contributed by atoms with Crippen LogP contribution in [0.5, 0.6) is 0 Å². The van der Waals surface area contributed by atoms with E-state index in [1.54, 1.807) is 12.1 Å². The number of furan rings is 1. The number of amides is 1. The first-order chi connectivity index (χ1) is 9.27. The van der Waals surface area contributed by atoms with Crippen molar-refractivity contribution in [3.63, 3.8) is 0 Å². The summed E-state index contributed by atoms with van der Waals surface area (Å²) in [5, 5.41) is 2.61. The maximum absolute atomic E-state index is 11.8. The number of carbonyl (C=O) groups is 1. The second kappa shape index (κ2) is 9.19. The highest BCUT2D eigenvalue weighted by Gasteiger charge is 2.11. The molecule has 1 N–H and O–H groups in total. The summed E-state index contributed by atoms with van der Waals surface area (Å²) in [5.74, 6) is -0.0934. The Kier molecular flexibility index (Phi) is 7.39. The van der Waals surface area contributed by atoms with Gasteiger partial charge >= 0.3 is 0 Å². The van der Waals surface area contributed by atoms with Gasteiger partial charge in [-0.05, 0) is 25.5 Å². The molecule has 0 unspecified atom stereocenters. The van der Waals surface area contributed by atoms with Crippen molar-refractivity contribution in [1.82, 2.24) is 5.32 Å². The molecule has 0 atom stereocenters. The number of amidine groups is 1. The van der Waals surface area contributed by atoms with Gasteiger partial charge in [0.2, 0.25) is 0 Å². The first-order valence-electron chi connectivity index (χ1n) is 6.80. The maximum Gasteiger partial charge on any atom is 0.294 e. The number of hydrogen-bond acceptors (Lipinski definition) is 4. The minimum absolute atomic E-state index is 0.249. The van der Waals surface area contributed by atoms with Crippen molar-refractivity contribution in [3.05, 3.63) is 24.2 Å². The lowest BCUT2D eigenvalue weighted by atomic mass is 10.2. The highest BCUT2D eigenvalue weighted by molar-refractivity contribution is 6.02. The SMILES string of the molecule is CCCCCCN=C(NC(=O)c1ccco1)OCC. The molecule has 0 aromatic carbocycles. The van der Waals surface area contributed by atoms with E-state index in [4.69, 9.17) is 9.15 Å². The third-order valence-electron chi connectivity index (χ3n) is 2.51. The Labute approximate surface area is 114 Å². The van der Waals surface area contributed by atoms with Crippen LogP contribution in [-0.2, 0) is 4.74 Å². The molecule has 0 aliphatic rings. The normalized spacial score (nSPS) is 11.4. The molecule has 0 aliphatic carbocycles. The van der Waals surface area contributed by atoms with E-state index in [9.17, 15) is 4.79 Å². The fraction of sp³-hybridized carbons (Fsp3) is 0.571. The van der Waals surface area contributed by atoms with Crippen molar-refractivity contribution in [1.29, 1.82) is 0 Å². The third-order valence-corrected chi connectivity index (χ3v) is 2.51. The topological polar surface area (TPSA) is 63.8 Å². The second-order valence-corrected chi connectivity index (χ2v) is 4.11. The molecule has 0 fully saturated rings. The zero-order valence-corrected chi connectivity index (χ0v) is 11.6. The maximum atomic E-state index is 11.8. The summed E-state index contributed by atoms with van der Waals surface area (Å²) in [5.41, 5.74) is 0. The number of unbranched alkanes of at least 4 members (excludes halogenated alkanes) is 3. The molecule has 0 aliphatic heterocycles. The van der Waals surface area contributed by atoms with E-state index in [1.165, 1.54) is 19.1 Å². The van der Waals surface area contributed by atoms with E-state index < -0.39 is 0 Å². The highest BCUT2D eigenvalue weighted by Crippen LogP contribution is 2.01. The number of rotatable bonds is 7.